The molecule has 2 aromatic rings. The molecule has 0 fully saturated rings. The molecule has 1 atom stereocenters. The molecule has 0 saturated heterocycles. The van der Waals surface area contributed by atoms with E-state index in [4.69, 9.17) is 0 Å². The normalized spacial score (nSPS) is 16.2. The summed E-state index contributed by atoms with van der Waals surface area (Å²) in [5, 5.41) is 9.48. The molecular weight excluding hydrogens is 318 g/mol. The molecule has 1 aromatic heterocycles. The summed E-state index contributed by atoms with van der Waals surface area (Å²) in [7, 11) is 1.58. The Hall–Kier alpha value is -2.83. The van der Waals surface area contributed by atoms with Crippen molar-refractivity contribution < 1.29 is 9.59 Å². The zero-order valence-corrected chi connectivity index (χ0v) is 14.5. The summed E-state index contributed by atoms with van der Waals surface area (Å²) in [5.41, 5.74) is 3.00. The molecule has 2 N–H and O–H groups in total. The minimum absolute atomic E-state index is 0.0944. The number of nitrogens with one attached hydrogen (secondary N) is 2. The first kappa shape index (κ1) is 17.0. The lowest BCUT2D eigenvalue weighted by molar-refractivity contribution is -0.121. The Bertz CT molecular complexity index is 770. The summed E-state index contributed by atoms with van der Waals surface area (Å²) in [6, 6.07) is 8.55. The zero-order chi connectivity index (χ0) is 17.8. The van der Waals surface area contributed by atoms with Gasteiger partial charge in [0, 0.05) is 25.0 Å². The average molecular weight is 341 g/mol. The number of benzene rings is 1. The third-order valence-electron chi connectivity index (χ3n) is 4.48. The number of anilines is 2. The van der Waals surface area contributed by atoms with Crippen LogP contribution in [0, 0.1) is 0 Å². The van der Waals surface area contributed by atoms with Crippen LogP contribution in [-0.4, -0.2) is 41.2 Å². The largest absolute Gasteiger partial charge is 0.359 e. The van der Waals surface area contributed by atoms with Crippen LogP contribution in [0.1, 0.15) is 18.9 Å². The molecule has 3 rings (SSSR count). The Morgan fingerprint density at radius 2 is 2.04 bits per heavy atom. The first-order valence-electron chi connectivity index (χ1n) is 8.44. The molecule has 0 radical (unpaired) electrons. The predicted molar refractivity (Wildman–Crippen MR) is 96.5 cm³/mol. The highest BCUT2D eigenvalue weighted by molar-refractivity contribution is 5.94. The molecule has 7 nitrogen and oxygen atoms in total. The van der Waals surface area contributed by atoms with Crippen molar-refractivity contribution in [2.24, 2.45) is 0 Å². The van der Waals surface area contributed by atoms with Gasteiger partial charge < -0.3 is 15.5 Å². The van der Waals surface area contributed by atoms with Gasteiger partial charge in [0.1, 0.15) is 6.54 Å². The Balaban J connectivity index is 1.64. The van der Waals surface area contributed by atoms with Crippen molar-refractivity contribution in [3.63, 3.8) is 0 Å². The van der Waals surface area contributed by atoms with Crippen molar-refractivity contribution >= 4 is 23.2 Å². The monoisotopic (exact) mass is 341 g/mol. The smallest absolute Gasteiger partial charge is 0.243 e. The highest BCUT2D eigenvalue weighted by Gasteiger charge is 2.24. The number of rotatable bonds is 5. The van der Waals surface area contributed by atoms with Gasteiger partial charge in [-0.05, 0) is 31.4 Å². The minimum Gasteiger partial charge on any atom is -0.359 e. The van der Waals surface area contributed by atoms with Crippen LogP contribution in [0.4, 0.5) is 11.4 Å². The lowest BCUT2D eigenvalue weighted by Gasteiger charge is -2.36. The number of para-hydroxylation sites is 1. The van der Waals surface area contributed by atoms with Crippen molar-refractivity contribution in [1.82, 2.24) is 15.1 Å². The highest BCUT2D eigenvalue weighted by atomic mass is 16.2. The van der Waals surface area contributed by atoms with E-state index in [0.717, 1.165) is 18.5 Å². The summed E-state index contributed by atoms with van der Waals surface area (Å²) in [4.78, 5) is 26.0. The Morgan fingerprint density at radius 3 is 2.84 bits per heavy atom. The number of aryl methyl sites for hydroxylation is 1. The Labute approximate surface area is 147 Å². The second kappa shape index (κ2) is 7.38. The maximum atomic E-state index is 12.5. The molecular formula is C18H23N5O2. The lowest BCUT2D eigenvalue weighted by atomic mass is 9.96. The topological polar surface area (TPSA) is 79.3 Å². The van der Waals surface area contributed by atoms with Gasteiger partial charge in [0.05, 0.1) is 18.4 Å². The first-order valence-corrected chi connectivity index (χ1v) is 8.44. The molecule has 0 spiro atoms. The molecule has 25 heavy (non-hydrogen) atoms. The standard InChI is InChI=1S/C18H23N5O2/c1-13-7-8-14-5-3-4-6-16(14)23(13)12-18(25)21-15-9-20-22(10-15)11-17(24)19-2/h3-6,9-10,13H,7-8,11-12H2,1-2H3,(H,19,24)(H,21,25). The molecule has 7 heteroatoms. The second-order valence-corrected chi connectivity index (χ2v) is 6.29. The van der Waals surface area contributed by atoms with Crippen molar-refractivity contribution in [3.8, 4) is 0 Å². The van der Waals surface area contributed by atoms with Crippen molar-refractivity contribution in [1.29, 1.82) is 0 Å². The van der Waals surface area contributed by atoms with E-state index in [1.165, 1.54) is 10.2 Å². The molecule has 1 aliphatic heterocycles. The highest BCUT2D eigenvalue weighted by Crippen LogP contribution is 2.30. The fraction of sp³-hybridized carbons (Fsp3) is 0.389. The van der Waals surface area contributed by atoms with Gasteiger partial charge in [0.2, 0.25) is 11.8 Å². The van der Waals surface area contributed by atoms with E-state index in [2.05, 4.69) is 39.7 Å². The number of nitrogens with zero attached hydrogens (tertiary/aromatic N) is 3. The van der Waals surface area contributed by atoms with E-state index < -0.39 is 0 Å². The van der Waals surface area contributed by atoms with E-state index >= 15 is 0 Å². The molecule has 1 unspecified atom stereocenters. The molecule has 1 aliphatic rings. The van der Waals surface area contributed by atoms with Gasteiger partial charge in [-0.15, -0.1) is 0 Å². The summed E-state index contributed by atoms with van der Waals surface area (Å²) < 4.78 is 1.49. The van der Waals surface area contributed by atoms with E-state index in [9.17, 15) is 9.59 Å². The Morgan fingerprint density at radius 1 is 1.24 bits per heavy atom. The summed E-state index contributed by atoms with van der Waals surface area (Å²) in [6.45, 7) is 2.56. The maximum Gasteiger partial charge on any atom is 0.243 e. The first-order chi connectivity index (χ1) is 12.1. The zero-order valence-electron chi connectivity index (χ0n) is 14.5. The van der Waals surface area contributed by atoms with Crippen LogP contribution in [0.3, 0.4) is 0 Å². The quantitative estimate of drug-likeness (QED) is 0.862. The maximum absolute atomic E-state index is 12.5. The van der Waals surface area contributed by atoms with Crippen LogP contribution < -0.4 is 15.5 Å². The van der Waals surface area contributed by atoms with Gasteiger partial charge in [0.25, 0.3) is 0 Å². The Kier molecular flexibility index (Phi) is 5.02. The third kappa shape index (κ3) is 3.99. The molecule has 0 saturated carbocycles. The number of hydrogen-bond acceptors (Lipinski definition) is 4. The summed E-state index contributed by atoms with van der Waals surface area (Å²) in [6.07, 6.45) is 5.28. The SMILES string of the molecule is CNC(=O)Cn1cc(NC(=O)CN2c3ccccc3CCC2C)cn1. The van der Waals surface area contributed by atoms with Gasteiger partial charge in [-0.1, -0.05) is 18.2 Å². The number of amides is 2. The minimum atomic E-state index is -0.139. The molecule has 0 bridgehead atoms. The van der Waals surface area contributed by atoms with E-state index in [1.807, 2.05) is 12.1 Å². The molecule has 132 valence electrons. The van der Waals surface area contributed by atoms with E-state index in [0.29, 0.717) is 18.3 Å². The van der Waals surface area contributed by atoms with Crippen LogP contribution in [0.5, 0.6) is 0 Å². The van der Waals surface area contributed by atoms with Crippen LogP contribution in [0.15, 0.2) is 36.7 Å². The molecule has 1 aromatic carbocycles. The average Bonchev–Trinajstić information content (AvgIpc) is 3.04. The van der Waals surface area contributed by atoms with Crippen molar-refractivity contribution in [2.45, 2.75) is 32.4 Å². The number of fused-ring (bicyclic) bond motifs is 1. The van der Waals surface area contributed by atoms with Crippen molar-refractivity contribution in [2.75, 3.05) is 23.8 Å². The number of hydrogen-bond donors (Lipinski definition) is 2. The number of carbonyl (C=O) groups is 2. The molecule has 2 amide bonds. The van der Waals surface area contributed by atoms with Crippen LogP contribution in [0.2, 0.25) is 0 Å². The summed E-state index contributed by atoms with van der Waals surface area (Å²) in [5.74, 6) is -0.234. The van der Waals surface area contributed by atoms with Crippen molar-refractivity contribution in [3.05, 3.63) is 42.2 Å². The van der Waals surface area contributed by atoms with E-state index in [1.54, 1.807) is 19.4 Å². The van der Waals surface area contributed by atoms with Gasteiger partial charge in [-0.3, -0.25) is 14.3 Å². The number of aromatic nitrogens is 2. The number of likely N-dealkylation sites (N-methyl/N-ethyl adjacent to an activating group) is 1. The van der Waals surface area contributed by atoms with Gasteiger partial charge in [-0.2, -0.15) is 5.10 Å². The van der Waals surface area contributed by atoms with Gasteiger partial charge in [-0.25, -0.2) is 0 Å². The predicted octanol–water partition coefficient (Wildman–Crippen LogP) is 1.41. The third-order valence-corrected chi connectivity index (χ3v) is 4.48. The second-order valence-electron chi connectivity index (χ2n) is 6.29. The fourth-order valence-electron chi connectivity index (χ4n) is 3.10. The van der Waals surface area contributed by atoms with Crippen LogP contribution >= 0.6 is 0 Å². The fourth-order valence-corrected chi connectivity index (χ4v) is 3.10. The van der Waals surface area contributed by atoms with Crippen LogP contribution in [-0.2, 0) is 22.6 Å². The number of carbonyl (C=O) groups excluding carboxylic acids is 2. The summed E-state index contributed by atoms with van der Waals surface area (Å²) >= 11 is 0. The van der Waals surface area contributed by atoms with Gasteiger partial charge >= 0.3 is 0 Å². The van der Waals surface area contributed by atoms with Gasteiger partial charge in [0.15, 0.2) is 0 Å². The lowest BCUT2D eigenvalue weighted by Crippen LogP contribution is -2.42. The molecule has 2 heterocycles. The molecule has 0 aliphatic carbocycles. The van der Waals surface area contributed by atoms with E-state index in [-0.39, 0.29) is 18.4 Å². The van der Waals surface area contributed by atoms with Crippen LogP contribution in [0.25, 0.3) is 0 Å².